The largest absolute Gasteiger partial charge is 0.493 e. The van der Waals surface area contributed by atoms with Crippen LogP contribution in [0.3, 0.4) is 0 Å². The SMILES string of the molecule is COc1ccc(NC(=O)c2ccc(C)o2)cc1OCc1cccnc1. The number of aryl methyl sites for hydroxylation is 1. The second-order valence-corrected chi connectivity index (χ2v) is 5.38. The highest BCUT2D eigenvalue weighted by Gasteiger charge is 2.12. The molecule has 0 unspecified atom stereocenters. The van der Waals surface area contributed by atoms with Gasteiger partial charge >= 0.3 is 0 Å². The molecule has 1 amide bonds. The van der Waals surface area contributed by atoms with Crippen molar-refractivity contribution in [2.45, 2.75) is 13.5 Å². The van der Waals surface area contributed by atoms with E-state index < -0.39 is 0 Å². The lowest BCUT2D eigenvalue weighted by atomic mass is 10.2. The van der Waals surface area contributed by atoms with Crippen LogP contribution in [-0.2, 0) is 6.61 Å². The molecule has 0 aliphatic rings. The van der Waals surface area contributed by atoms with Crippen LogP contribution in [0.4, 0.5) is 5.69 Å². The van der Waals surface area contributed by atoms with Crippen molar-refractivity contribution >= 4 is 11.6 Å². The van der Waals surface area contributed by atoms with E-state index >= 15 is 0 Å². The van der Waals surface area contributed by atoms with Gasteiger partial charge in [0, 0.05) is 29.7 Å². The summed E-state index contributed by atoms with van der Waals surface area (Å²) >= 11 is 0. The van der Waals surface area contributed by atoms with Crippen LogP contribution >= 0.6 is 0 Å². The number of carbonyl (C=O) groups excluding carboxylic acids is 1. The molecule has 0 saturated carbocycles. The summed E-state index contributed by atoms with van der Waals surface area (Å²) in [5, 5.41) is 2.78. The second-order valence-electron chi connectivity index (χ2n) is 5.38. The lowest BCUT2D eigenvalue weighted by Crippen LogP contribution is -2.11. The Bertz CT molecular complexity index is 859. The number of aromatic nitrogens is 1. The van der Waals surface area contributed by atoms with Crippen molar-refractivity contribution in [3.8, 4) is 11.5 Å². The maximum Gasteiger partial charge on any atom is 0.291 e. The lowest BCUT2D eigenvalue weighted by molar-refractivity contribution is 0.0995. The summed E-state index contributed by atoms with van der Waals surface area (Å²) < 4.78 is 16.4. The molecule has 0 bridgehead atoms. The zero-order valence-corrected chi connectivity index (χ0v) is 14.0. The van der Waals surface area contributed by atoms with Gasteiger partial charge in [-0.3, -0.25) is 9.78 Å². The third kappa shape index (κ3) is 4.17. The highest BCUT2D eigenvalue weighted by molar-refractivity contribution is 6.02. The van der Waals surface area contributed by atoms with E-state index in [0.717, 1.165) is 5.56 Å². The Balaban J connectivity index is 1.74. The average Bonchev–Trinajstić information content (AvgIpc) is 3.07. The van der Waals surface area contributed by atoms with Gasteiger partial charge in [-0.2, -0.15) is 0 Å². The van der Waals surface area contributed by atoms with Crippen LogP contribution in [-0.4, -0.2) is 18.0 Å². The summed E-state index contributed by atoms with van der Waals surface area (Å²) in [4.78, 5) is 16.2. The molecule has 0 spiro atoms. The molecule has 3 aromatic rings. The van der Waals surface area contributed by atoms with E-state index in [9.17, 15) is 4.79 Å². The molecule has 0 aliphatic heterocycles. The molecule has 6 nitrogen and oxygen atoms in total. The lowest BCUT2D eigenvalue weighted by Gasteiger charge is -2.12. The van der Waals surface area contributed by atoms with Gasteiger partial charge in [-0.05, 0) is 37.3 Å². The summed E-state index contributed by atoms with van der Waals surface area (Å²) in [5.74, 6) is 1.72. The topological polar surface area (TPSA) is 73.6 Å². The summed E-state index contributed by atoms with van der Waals surface area (Å²) in [5.41, 5.74) is 1.52. The first-order valence-corrected chi connectivity index (χ1v) is 7.73. The van der Waals surface area contributed by atoms with Crippen molar-refractivity contribution in [3.05, 3.63) is 71.9 Å². The Kier molecular flexibility index (Phi) is 4.99. The molecule has 6 heteroatoms. The molecule has 3 rings (SSSR count). The van der Waals surface area contributed by atoms with Crippen molar-refractivity contribution in [1.29, 1.82) is 0 Å². The van der Waals surface area contributed by atoms with Gasteiger partial charge < -0.3 is 19.2 Å². The van der Waals surface area contributed by atoms with Crippen molar-refractivity contribution < 1.29 is 18.7 Å². The Morgan fingerprint density at radius 1 is 1.20 bits per heavy atom. The molecule has 25 heavy (non-hydrogen) atoms. The van der Waals surface area contributed by atoms with Crippen molar-refractivity contribution in [3.63, 3.8) is 0 Å². The van der Waals surface area contributed by atoms with Crippen LogP contribution < -0.4 is 14.8 Å². The summed E-state index contributed by atoms with van der Waals surface area (Å²) in [6.45, 7) is 2.13. The van der Waals surface area contributed by atoms with E-state index in [1.807, 2.05) is 12.1 Å². The van der Waals surface area contributed by atoms with E-state index in [0.29, 0.717) is 29.6 Å². The molecule has 0 saturated heterocycles. The highest BCUT2D eigenvalue weighted by atomic mass is 16.5. The van der Waals surface area contributed by atoms with Crippen LogP contribution in [0.2, 0.25) is 0 Å². The average molecular weight is 338 g/mol. The molecular weight excluding hydrogens is 320 g/mol. The Morgan fingerprint density at radius 3 is 2.76 bits per heavy atom. The minimum atomic E-state index is -0.323. The predicted molar refractivity (Wildman–Crippen MR) is 93.0 cm³/mol. The fourth-order valence-electron chi connectivity index (χ4n) is 2.26. The predicted octanol–water partition coefficient (Wildman–Crippen LogP) is 3.82. The number of anilines is 1. The van der Waals surface area contributed by atoms with Crippen molar-refractivity contribution in [1.82, 2.24) is 4.98 Å². The smallest absolute Gasteiger partial charge is 0.291 e. The van der Waals surface area contributed by atoms with Crippen LogP contribution in [0.5, 0.6) is 11.5 Å². The number of rotatable bonds is 6. The number of furan rings is 1. The standard InChI is InChI=1S/C19H18N2O4/c1-13-5-7-17(25-13)19(22)21-15-6-8-16(23-2)18(10-15)24-12-14-4-3-9-20-11-14/h3-11H,12H2,1-2H3,(H,21,22). The van der Waals surface area contributed by atoms with Crippen molar-refractivity contribution in [2.75, 3.05) is 12.4 Å². The first-order chi connectivity index (χ1) is 12.2. The molecule has 0 aliphatic carbocycles. The number of amides is 1. The number of nitrogens with zero attached hydrogens (tertiary/aromatic N) is 1. The normalized spacial score (nSPS) is 10.3. The molecule has 0 fully saturated rings. The number of ether oxygens (including phenoxy) is 2. The number of benzene rings is 1. The number of carbonyl (C=O) groups is 1. The Morgan fingerprint density at radius 2 is 2.08 bits per heavy atom. The summed E-state index contributed by atoms with van der Waals surface area (Å²) in [6.07, 6.45) is 3.44. The van der Waals surface area contributed by atoms with Crippen LogP contribution in [0.25, 0.3) is 0 Å². The summed E-state index contributed by atoms with van der Waals surface area (Å²) in [7, 11) is 1.57. The number of pyridine rings is 1. The molecule has 1 N–H and O–H groups in total. The number of hydrogen-bond acceptors (Lipinski definition) is 5. The van der Waals surface area contributed by atoms with Gasteiger partial charge in [0.05, 0.1) is 7.11 Å². The first kappa shape index (κ1) is 16.6. The minimum Gasteiger partial charge on any atom is -0.493 e. The second kappa shape index (κ2) is 7.53. The van der Waals surface area contributed by atoms with Gasteiger partial charge in [0.25, 0.3) is 5.91 Å². The zero-order valence-electron chi connectivity index (χ0n) is 14.0. The maximum absolute atomic E-state index is 12.2. The maximum atomic E-state index is 12.2. The zero-order chi connectivity index (χ0) is 17.6. The molecular formula is C19H18N2O4. The molecule has 0 atom stereocenters. The van der Waals surface area contributed by atoms with Gasteiger partial charge in [0.2, 0.25) is 0 Å². The van der Waals surface area contributed by atoms with Gasteiger partial charge in [0.15, 0.2) is 17.3 Å². The fourth-order valence-corrected chi connectivity index (χ4v) is 2.26. The molecule has 0 radical (unpaired) electrons. The van der Waals surface area contributed by atoms with Crippen LogP contribution in [0, 0.1) is 6.92 Å². The van der Waals surface area contributed by atoms with E-state index in [1.54, 1.807) is 56.8 Å². The summed E-state index contributed by atoms with van der Waals surface area (Å²) in [6, 6.07) is 12.3. The molecule has 2 heterocycles. The van der Waals surface area contributed by atoms with E-state index in [2.05, 4.69) is 10.3 Å². The molecule has 128 valence electrons. The Hall–Kier alpha value is -3.28. The number of nitrogens with one attached hydrogen (secondary N) is 1. The molecule has 1 aromatic carbocycles. The third-order valence-electron chi connectivity index (χ3n) is 3.50. The van der Waals surface area contributed by atoms with Gasteiger partial charge in [-0.25, -0.2) is 0 Å². The molecule has 2 aromatic heterocycles. The monoisotopic (exact) mass is 338 g/mol. The van der Waals surface area contributed by atoms with Crippen LogP contribution in [0.15, 0.2) is 59.3 Å². The number of methoxy groups -OCH3 is 1. The van der Waals surface area contributed by atoms with Gasteiger partial charge in [-0.1, -0.05) is 6.07 Å². The fraction of sp³-hybridized carbons (Fsp3) is 0.158. The van der Waals surface area contributed by atoms with Crippen LogP contribution in [0.1, 0.15) is 21.9 Å². The first-order valence-electron chi connectivity index (χ1n) is 7.73. The van der Waals surface area contributed by atoms with Gasteiger partial charge in [0.1, 0.15) is 12.4 Å². The van der Waals surface area contributed by atoms with E-state index in [4.69, 9.17) is 13.9 Å². The van der Waals surface area contributed by atoms with E-state index in [-0.39, 0.29) is 11.7 Å². The number of hydrogen-bond donors (Lipinski definition) is 1. The Labute approximate surface area is 145 Å². The van der Waals surface area contributed by atoms with Gasteiger partial charge in [-0.15, -0.1) is 0 Å². The van der Waals surface area contributed by atoms with Crippen molar-refractivity contribution in [2.24, 2.45) is 0 Å². The third-order valence-corrected chi connectivity index (χ3v) is 3.50. The van der Waals surface area contributed by atoms with E-state index in [1.165, 1.54) is 0 Å². The minimum absolute atomic E-state index is 0.256. The highest BCUT2D eigenvalue weighted by Crippen LogP contribution is 2.31. The quantitative estimate of drug-likeness (QED) is 0.739.